The molecule has 0 heterocycles. The highest BCUT2D eigenvalue weighted by atomic mass is 35.5. The third-order valence-electron chi connectivity index (χ3n) is 2.99. The lowest BCUT2D eigenvalue weighted by molar-refractivity contribution is 0.590. The second-order valence-corrected chi connectivity index (χ2v) is 7.34. The van der Waals surface area contributed by atoms with E-state index in [2.05, 4.69) is 4.85 Å². The predicted octanol–water partition coefficient (Wildman–Crippen LogP) is 4.69. The van der Waals surface area contributed by atoms with Gasteiger partial charge in [0.25, 0.3) is 9.84 Å². The molecule has 0 saturated carbocycles. The number of halogens is 2. The van der Waals surface area contributed by atoms with Gasteiger partial charge in [-0.1, -0.05) is 40.9 Å². The summed E-state index contributed by atoms with van der Waals surface area (Å²) in [4.78, 5) is 3.37. The van der Waals surface area contributed by atoms with Crippen molar-refractivity contribution in [2.75, 3.05) is 0 Å². The highest BCUT2D eigenvalue weighted by Gasteiger charge is 2.34. The fourth-order valence-electron chi connectivity index (χ4n) is 1.85. The van der Waals surface area contributed by atoms with E-state index in [4.69, 9.17) is 29.8 Å². The molecule has 0 unspecified atom stereocenters. The maximum Gasteiger partial charge on any atom is 0.350 e. The van der Waals surface area contributed by atoms with Gasteiger partial charge in [0, 0.05) is 0 Å². The molecule has 0 N–H and O–H groups in total. The van der Waals surface area contributed by atoms with Crippen molar-refractivity contribution < 1.29 is 8.42 Å². The van der Waals surface area contributed by atoms with E-state index in [0.29, 0.717) is 10.6 Å². The second-order valence-electron chi connectivity index (χ2n) is 4.51. The summed E-state index contributed by atoms with van der Waals surface area (Å²) in [5.74, 6) is 0. The van der Waals surface area contributed by atoms with E-state index in [1.807, 2.05) is 6.92 Å². The van der Waals surface area contributed by atoms with Crippen LogP contribution in [0.1, 0.15) is 16.5 Å². The molecule has 0 saturated heterocycles. The molecule has 0 aliphatic heterocycles. The van der Waals surface area contributed by atoms with E-state index >= 15 is 0 Å². The Labute approximate surface area is 133 Å². The molecular weight excluding hydrogens is 329 g/mol. The summed E-state index contributed by atoms with van der Waals surface area (Å²) in [6, 6.07) is 10.8. The van der Waals surface area contributed by atoms with E-state index in [1.165, 1.54) is 30.3 Å². The standard InChI is InChI=1S/C15H11Cl2NO2S/c1-10-3-6-12(7-4-10)21(19,20)15(18-2)11-5-8-13(16)14(17)9-11/h3-9,15H,1H3/t15-/m1/s1. The van der Waals surface area contributed by atoms with E-state index in [1.54, 1.807) is 12.1 Å². The van der Waals surface area contributed by atoms with Crippen LogP contribution in [0.15, 0.2) is 47.4 Å². The van der Waals surface area contributed by atoms with Crippen LogP contribution < -0.4 is 0 Å². The molecule has 3 nitrogen and oxygen atoms in total. The molecule has 0 amide bonds. The van der Waals surface area contributed by atoms with Gasteiger partial charge in [-0.15, -0.1) is 0 Å². The molecular formula is C15H11Cl2NO2S. The Morgan fingerprint density at radius 1 is 1.05 bits per heavy atom. The first-order valence-corrected chi connectivity index (χ1v) is 8.28. The van der Waals surface area contributed by atoms with Crippen molar-refractivity contribution in [2.24, 2.45) is 0 Å². The minimum absolute atomic E-state index is 0.111. The SMILES string of the molecule is [C-]#[N+][C@@H](c1ccc(Cl)c(Cl)c1)S(=O)(=O)c1ccc(C)cc1. The van der Waals surface area contributed by atoms with Gasteiger partial charge in [0.05, 0.1) is 20.5 Å². The van der Waals surface area contributed by atoms with E-state index in [0.717, 1.165) is 5.56 Å². The third kappa shape index (κ3) is 3.21. The topological polar surface area (TPSA) is 38.5 Å². The zero-order valence-corrected chi connectivity index (χ0v) is 13.4. The smallest absolute Gasteiger partial charge is 0.291 e. The molecule has 0 aromatic heterocycles. The van der Waals surface area contributed by atoms with Crippen molar-refractivity contribution in [3.63, 3.8) is 0 Å². The molecule has 0 aliphatic carbocycles. The van der Waals surface area contributed by atoms with Crippen molar-refractivity contribution >= 4 is 33.0 Å². The summed E-state index contributed by atoms with van der Waals surface area (Å²) >= 11 is 11.7. The molecule has 0 fully saturated rings. The van der Waals surface area contributed by atoms with Crippen LogP contribution in [0.4, 0.5) is 0 Å². The lowest BCUT2D eigenvalue weighted by Crippen LogP contribution is -2.10. The first-order chi connectivity index (χ1) is 9.86. The van der Waals surface area contributed by atoms with E-state index in [9.17, 15) is 8.42 Å². The van der Waals surface area contributed by atoms with Gasteiger partial charge in [-0.25, -0.2) is 15.0 Å². The fraction of sp³-hybridized carbons (Fsp3) is 0.133. The molecule has 21 heavy (non-hydrogen) atoms. The number of aryl methyl sites for hydroxylation is 1. The molecule has 0 aliphatic rings. The van der Waals surface area contributed by atoms with Gasteiger partial charge < -0.3 is 0 Å². The van der Waals surface area contributed by atoms with Crippen molar-refractivity contribution in [3.8, 4) is 0 Å². The van der Waals surface area contributed by atoms with Crippen LogP contribution in [0.3, 0.4) is 0 Å². The summed E-state index contributed by atoms with van der Waals surface area (Å²) < 4.78 is 25.2. The van der Waals surface area contributed by atoms with Crippen LogP contribution in [0.2, 0.25) is 10.0 Å². The fourth-order valence-corrected chi connectivity index (χ4v) is 3.57. The molecule has 2 aromatic carbocycles. The van der Waals surface area contributed by atoms with Crippen molar-refractivity contribution in [1.29, 1.82) is 0 Å². The third-order valence-corrected chi connectivity index (χ3v) is 5.62. The Kier molecular flexibility index (Phi) is 4.58. The number of hydrogen-bond acceptors (Lipinski definition) is 2. The largest absolute Gasteiger partial charge is 0.350 e. The summed E-state index contributed by atoms with van der Waals surface area (Å²) in [6.07, 6.45) is 0. The van der Waals surface area contributed by atoms with Gasteiger partial charge in [-0.2, -0.15) is 0 Å². The highest BCUT2D eigenvalue weighted by Crippen LogP contribution is 2.33. The second kappa shape index (κ2) is 6.07. The Morgan fingerprint density at radius 2 is 1.67 bits per heavy atom. The summed E-state index contributed by atoms with van der Waals surface area (Å²) in [6.45, 7) is 9.10. The van der Waals surface area contributed by atoms with Gasteiger partial charge in [0.2, 0.25) is 0 Å². The minimum atomic E-state index is -3.81. The minimum Gasteiger partial charge on any atom is -0.291 e. The number of rotatable bonds is 3. The van der Waals surface area contributed by atoms with Crippen molar-refractivity contribution in [2.45, 2.75) is 17.2 Å². The molecule has 108 valence electrons. The van der Waals surface area contributed by atoms with Crippen molar-refractivity contribution in [3.05, 3.63) is 75.1 Å². The van der Waals surface area contributed by atoms with Crippen LogP contribution >= 0.6 is 23.2 Å². The molecule has 2 aromatic rings. The number of hydrogen-bond donors (Lipinski definition) is 0. The Balaban J connectivity index is 2.52. The maximum absolute atomic E-state index is 12.6. The summed E-state index contributed by atoms with van der Waals surface area (Å²) in [5, 5.41) is -0.797. The summed E-state index contributed by atoms with van der Waals surface area (Å²) in [7, 11) is -3.81. The Hall–Kier alpha value is -1.54. The first-order valence-electron chi connectivity index (χ1n) is 5.98. The average Bonchev–Trinajstić information content (AvgIpc) is 2.44. The quantitative estimate of drug-likeness (QED) is 0.760. The summed E-state index contributed by atoms with van der Waals surface area (Å²) in [5.41, 5.74) is 1.25. The van der Waals surface area contributed by atoms with Gasteiger partial charge in [-0.05, 0) is 37.3 Å². The van der Waals surface area contributed by atoms with Gasteiger partial charge in [0.1, 0.15) is 0 Å². The molecule has 6 heteroatoms. The Bertz CT molecular complexity index is 809. The number of benzene rings is 2. The zero-order chi connectivity index (χ0) is 15.6. The van der Waals surface area contributed by atoms with Crippen LogP contribution in [0, 0.1) is 13.5 Å². The van der Waals surface area contributed by atoms with E-state index in [-0.39, 0.29) is 9.92 Å². The molecule has 1 atom stereocenters. The lowest BCUT2D eigenvalue weighted by Gasteiger charge is -2.09. The Morgan fingerprint density at radius 3 is 2.19 bits per heavy atom. The van der Waals surface area contributed by atoms with Gasteiger partial charge >= 0.3 is 5.37 Å². The van der Waals surface area contributed by atoms with Crippen LogP contribution in [-0.4, -0.2) is 8.42 Å². The average molecular weight is 340 g/mol. The monoisotopic (exact) mass is 339 g/mol. The van der Waals surface area contributed by atoms with Gasteiger partial charge in [-0.3, -0.25) is 4.85 Å². The number of sulfone groups is 1. The number of nitrogens with zero attached hydrogens (tertiary/aromatic N) is 1. The molecule has 0 spiro atoms. The predicted molar refractivity (Wildman–Crippen MR) is 84.2 cm³/mol. The van der Waals surface area contributed by atoms with Crippen LogP contribution in [0.25, 0.3) is 4.85 Å². The molecule has 2 rings (SSSR count). The molecule has 0 radical (unpaired) electrons. The van der Waals surface area contributed by atoms with Gasteiger partial charge in [0.15, 0.2) is 0 Å². The van der Waals surface area contributed by atoms with E-state index < -0.39 is 15.2 Å². The normalized spacial score (nSPS) is 12.7. The zero-order valence-electron chi connectivity index (χ0n) is 11.0. The molecule has 0 bridgehead atoms. The van der Waals surface area contributed by atoms with Crippen LogP contribution in [-0.2, 0) is 9.84 Å². The van der Waals surface area contributed by atoms with Crippen molar-refractivity contribution in [1.82, 2.24) is 0 Å². The van der Waals surface area contributed by atoms with Crippen LogP contribution in [0.5, 0.6) is 0 Å². The highest BCUT2D eigenvalue weighted by molar-refractivity contribution is 7.91. The lowest BCUT2D eigenvalue weighted by atomic mass is 10.2. The first kappa shape index (κ1) is 15.8. The maximum atomic E-state index is 12.6.